The highest BCUT2D eigenvalue weighted by Crippen LogP contribution is 2.08. The van der Waals surface area contributed by atoms with E-state index in [1.165, 1.54) is 18.7 Å². The number of nitrogens with two attached hydrogens (primary N) is 1. The molecule has 4 atom stereocenters. The minimum Gasteiger partial charge on any atom is -0.480 e. The lowest BCUT2D eigenvalue weighted by molar-refractivity contribution is -0.142. The molecule has 0 aromatic heterocycles. The second kappa shape index (κ2) is 11.3. The van der Waals surface area contributed by atoms with Crippen molar-refractivity contribution in [3.05, 3.63) is 0 Å². The average Bonchev–Trinajstić information content (AvgIpc) is 2.48. The quantitative estimate of drug-likeness (QED) is 0.334. The number of hydrogen-bond donors (Lipinski definition) is 5. The Balaban J connectivity index is 4.98. The monoisotopic (exact) mass is 363 g/mol. The lowest BCUT2D eigenvalue weighted by Crippen LogP contribution is -2.56. The van der Waals surface area contributed by atoms with Crippen LogP contribution in [0.2, 0.25) is 0 Å². The predicted octanol–water partition coefficient (Wildman–Crippen LogP) is -0.452. The molecule has 2 amide bonds. The summed E-state index contributed by atoms with van der Waals surface area (Å²) in [4.78, 5) is 35.6. The largest absolute Gasteiger partial charge is 0.480 e. The SMILES string of the molecule is CSCCC(NC(=O)C(CC(C)C)NC(=O)C(N)C(C)O)C(=O)O. The number of rotatable bonds is 11. The number of aliphatic hydroxyl groups is 1. The molecule has 0 aliphatic rings. The molecule has 6 N–H and O–H groups in total. The predicted molar refractivity (Wildman–Crippen MR) is 93.6 cm³/mol. The first kappa shape index (κ1) is 22.7. The van der Waals surface area contributed by atoms with Crippen LogP contribution in [-0.4, -0.2) is 64.2 Å². The van der Waals surface area contributed by atoms with Crippen LogP contribution in [0.5, 0.6) is 0 Å². The van der Waals surface area contributed by atoms with Crippen molar-refractivity contribution in [1.29, 1.82) is 0 Å². The number of carbonyl (C=O) groups excluding carboxylic acids is 2. The van der Waals surface area contributed by atoms with Crippen molar-refractivity contribution in [1.82, 2.24) is 10.6 Å². The van der Waals surface area contributed by atoms with Gasteiger partial charge in [-0.2, -0.15) is 11.8 Å². The maximum absolute atomic E-state index is 12.4. The number of carbonyl (C=O) groups is 3. The number of carboxylic acid groups (broad SMARTS) is 1. The van der Waals surface area contributed by atoms with E-state index in [-0.39, 0.29) is 12.3 Å². The lowest BCUT2D eigenvalue weighted by atomic mass is 10.0. The van der Waals surface area contributed by atoms with E-state index >= 15 is 0 Å². The summed E-state index contributed by atoms with van der Waals surface area (Å²) in [6.07, 6.45) is 1.41. The number of nitrogens with one attached hydrogen (secondary N) is 2. The molecule has 0 spiro atoms. The van der Waals surface area contributed by atoms with Crippen LogP contribution in [0.4, 0.5) is 0 Å². The number of amides is 2. The van der Waals surface area contributed by atoms with Crippen molar-refractivity contribution in [3.63, 3.8) is 0 Å². The Kier molecular flexibility index (Phi) is 10.7. The van der Waals surface area contributed by atoms with E-state index in [9.17, 15) is 24.6 Å². The maximum atomic E-state index is 12.4. The molecule has 0 saturated carbocycles. The van der Waals surface area contributed by atoms with E-state index in [1.54, 1.807) is 0 Å². The molecule has 0 aliphatic carbocycles. The third-order valence-electron chi connectivity index (χ3n) is 3.39. The zero-order chi connectivity index (χ0) is 18.9. The Morgan fingerprint density at radius 3 is 2.04 bits per heavy atom. The van der Waals surface area contributed by atoms with E-state index in [0.717, 1.165) is 0 Å². The summed E-state index contributed by atoms with van der Waals surface area (Å²) in [5.74, 6) is -1.65. The van der Waals surface area contributed by atoms with Crippen LogP contribution in [0.25, 0.3) is 0 Å². The molecule has 4 unspecified atom stereocenters. The van der Waals surface area contributed by atoms with E-state index in [0.29, 0.717) is 12.2 Å². The Labute approximate surface area is 146 Å². The van der Waals surface area contributed by atoms with Crippen LogP contribution in [-0.2, 0) is 14.4 Å². The Morgan fingerprint density at radius 1 is 1.08 bits per heavy atom. The molecule has 0 aromatic rings. The zero-order valence-corrected chi connectivity index (χ0v) is 15.4. The standard InChI is InChI=1S/C15H29N3O5S/c1-8(2)7-11(18-14(21)12(16)9(3)19)13(20)17-10(15(22)23)5-6-24-4/h8-12,19H,5-7,16H2,1-4H3,(H,17,20)(H,18,21)(H,22,23). The van der Waals surface area contributed by atoms with Crippen molar-refractivity contribution >= 4 is 29.5 Å². The molecule has 0 saturated heterocycles. The molecular formula is C15H29N3O5S. The fraction of sp³-hybridized carbons (Fsp3) is 0.800. The molecule has 0 rings (SSSR count). The third kappa shape index (κ3) is 8.51. The minimum absolute atomic E-state index is 0.0956. The fourth-order valence-electron chi connectivity index (χ4n) is 1.96. The number of aliphatic hydroxyl groups excluding tert-OH is 1. The van der Waals surface area contributed by atoms with Gasteiger partial charge >= 0.3 is 5.97 Å². The van der Waals surface area contributed by atoms with Gasteiger partial charge in [-0.05, 0) is 37.7 Å². The van der Waals surface area contributed by atoms with E-state index in [4.69, 9.17) is 5.73 Å². The third-order valence-corrected chi connectivity index (χ3v) is 4.03. The molecule has 0 radical (unpaired) electrons. The van der Waals surface area contributed by atoms with Gasteiger partial charge in [0.15, 0.2) is 0 Å². The van der Waals surface area contributed by atoms with Crippen molar-refractivity contribution in [2.24, 2.45) is 11.7 Å². The smallest absolute Gasteiger partial charge is 0.326 e. The van der Waals surface area contributed by atoms with Gasteiger partial charge < -0.3 is 26.6 Å². The number of aliphatic carboxylic acids is 1. The summed E-state index contributed by atoms with van der Waals surface area (Å²) < 4.78 is 0. The second-order valence-corrected chi connectivity index (χ2v) is 7.12. The first-order valence-electron chi connectivity index (χ1n) is 7.86. The van der Waals surface area contributed by atoms with Gasteiger partial charge in [0.1, 0.15) is 18.1 Å². The Hall–Kier alpha value is -1.32. The summed E-state index contributed by atoms with van der Waals surface area (Å²) >= 11 is 1.48. The molecule has 24 heavy (non-hydrogen) atoms. The molecule has 0 fully saturated rings. The zero-order valence-electron chi connectivity index (χ0n) is 14.6. The van der Waals surface area contributed by atoms with Crippen LogP contribution < -0.4 is 16.4 Å². The summed E-state index contributed by atoms with van der Waals surface area (Å²) in [5, 5.41) is 23.5. The molecule has 0 aliphatic heterocycles. The van der Waals surface area contributed by atoms with E-state index < -0.39 is 42.0 Å². The minimum atomic E-state index is -1.15. The van der Waals surface area contributed by atoms with Gasteiger partial charge in [-0.15, -0.1) is 0 Å². The highest BCUT2D eigenvalue weighted by atomic mass is 32.2. The van der Waals surface area contributed by atoms with Crippen LogP contribution in [0.3, 0.4) is 0 Å². The van der Waals surface area contributed by atoms with Gasteiger partial charge in [-0.1, -0.05) is 13.8 Å². The van der Waals surface area contributed by atoms with Gasteiger partial charge in [-0.3, -0.25) is 9.59 Å². The molecule has 0 heterocycles. The Morgan fingerprint density at radius 2 is 1.62 bits per heavy atom. The molecule has 140 valence electrons. The lowest BCUT2D eigenvalue weighted by Gasteiger charge is -2.24. The van der Waals surface area contributed by atoms with Gasteiger partial charge in [0.05, 0.1) is 6.10 Å². The summed E-state index contributed by atoms with van der Waals surface area (Å²) in [6.45, 7) is 5.14. The first-order chi connectivity index (χ1) is 11.1. The van der Waals surface area contributed by atoms with Gasteiger partial charge in [0.25, 0.3) is 0 Å². The highest BCUT2D eigenvalue weighted by Gasteiger charge is 2.29. The van der Waals surface area contributed by atoms with Crippen LogP contribution >= 0.6 is 11.8 Å². The van der Waals surface area contributed by atoms with Crippen LogP contribution in [0, 0.1) is 5.92 Å². The summed E-state index contributed by atoms with van der Waals surface area (Å²) in [6, 6.07) is -3.07. The number of carboxylic acids is 1. The molecule has 8 nitrogen and oxygen atoms in total. The molecule has 0 bridgehead atoms. The van der Waals surface area contributed by atoms with Gasteiger partial charge in [0, 0.05) is 0 Å². The van der Waals surface area contributed by atoms with Crippen molar-refractivity contribution < 1.29 is 24.6 Å². The average molecular weight is 363 g/mol. The van der Waals surface area contributed by atoms with E-state index in [2.05, 4.69) is 10.6 Å². The van der Waals surface area contributed by atoms with Gasteiger partial charge in [0.2, 0.25) is 11.8 Å². The second-order valence-electron chi connectivity index (χ2n) is 6.14. The molecular weight excluding hydrogens is 334 g/mol. The Bertz CT molecular complexity index is 431. The summed E-state index contributed by atoms with van der Waals surface area (Å²) in [7, 11) is 0. The normalized spacial score (nSPS) is 16.1. The maximum Gasteiger partial charge on any atom is 0.326 e. The number of hydrogen-bond acceptors (Lipinski definition) is 6. The van der Waals surface area contributed by atoms with Crippen molar-refractivity contribution in [3.8, 4) is 0 Å². The van der Waals surface area contributed by atoms with Crippen molar-refractivity contribution in [2.45, 2.75) is 57.8 Å². The summed E-state index contributed by atoms with van der Waals surface area (Å²) in [5.41, 5.74) is 5.56. The molecule has 9 heteroatoms. The fourth-order valence-corrected chi connectivity index (χ4v) is 2.43. The molecule has 0 aromatic carbocycles. The van der Waals surface area contributed by atoms with Gasteiger partial charge in [-0.25, -0.2) is 4.79 Å². The number of thioether (sulfide) groups is 1. The highest BCUT2D eigenvalue weighted by molar-refractivity contribution is 7.98. The van der Waals surface area contributed by atoms with Crippen molar-refractivity contribution in [2.75, 3.05) is 12.0 Å². The van der Waals surface area contributed by atoms with Crippen LogP contribution in [0.15, 0.2) is 0 Å². The topological polar surface area (TPSA) is 142 Å². The van der Waals surface area contributed by atoms with E-state index in [1.807, 2.05) is 20.1 Å². The van der Waals surface area contributed by atoms with Crippen LogP contribution in [0.1, 0.15) is 33.6 Å². The first-order valence-corrected chi connectivity index (χ1v) is 9.25.